The van der Waals surface area contributed by atoms with Crippen molar-refractivity contribution in [3.8, 4) is 0 Å². The van der Waals surface area contributed by atoms with Crippen LogP contribution in [0.15, 0.2) is 23.1 Å². The van der Waals surface area contributed by atoms with Crippen molar-refractivity contribution >= 4 is 11.6 Å². The molecule has 1 heterocycles. The first-order valence-electron chi connectivity index (χ1n) is 6.93. The summed E-state index contributed by atoms with van der Waals surface area (Å²) in [6.07, 6.45) is 5.51. The molecule has 1 aromatic heterocycles. The Labute approximate surface area is 113 Å². The van der Waals surface area contributed by atoms with Crippen LogP contribution in [0.25, 0.3) is 0 Å². The third kappa shape index (κ3) is 4.52. The molecule has 1 fully saturated rings. The lowest BCUT2D eigenvalue weighted by Gasteiger charge is -2.09. The SMILES string of the molecule is CCCn1cc(NC(=O)CCNC2CC2)ccc1=O. The zero-order valence-electron chi connectivity index (χ0n) is 11.3. The fourth-order valence-corrected chi connectivity index (χ4v) is 1.92. The maximum absolute atomic E-state index is 11.7. The Kier molecular flexibility index (Phi) is 4.74. The smallest absolute Gasteiger partial charge is 0.250 e. The van der Waals surface area contributed by atoms with Crippen LogP contribution in [-0.2, 0) is 11.3 Å². The van der Waals surface area contributed by atoms with Gasteiger partial charge < -0.3 is 15.2 Å². The van der Waals surface area contributed by atoms with E-state index in [0.29, 0.717) is 31.2 Å². The molecule has 1 aliphatic rings. The van der Waals surface area contributed by atoms with Crippen molar-refractivity contribution in [2.24, 2.45) is 0 Å². The molecule has 1 aliphatic carbocycles. The molecule has 1 saturated carbocycles. The molecule has 0 aromatic carbocycles. The average Bonchev–Trinajstić information content (AvgIpc) is 3.18. The van der Waals surface area contributed by atoms with Crippen LogP contribution in [0.5, 0.6) is 0 Å². The number of nitrogens with one attached hydrogen (secondary N) is 2. The predicted molar refractivity (Wildman–Crippen MR) is 75.3 cm³/mol. The standard InChI is InChI=1S/C14H21N3O2/c1-2-9-17-10-12(5-6-14(17)19)16-13(18)7-8-15-11-3-4-11/h5-6,10-11,15H,2-4,7-9H2,1H3,(H,16,18). The van der Waals surface area contributed by atoms with Gasteiger partial charge in [-0.2, -0.15) is 0 Å². The second-order valence-electron chi connectivity index (χ2n) is 4.98. The maximum Gasteiger partial charge on any atom is 0.250 e. The van der Waals surface area contributed by atoms with E-state index in [1.807, 2.05) is 6.92 Å². The molecule has 0 radical (unpaired) electrons. The van der Waals surface area contributed by atoms with Crippen molar-refractivity contribution in [3.63, 3.8) is 0 Å². The minimum atomic E-state index is -0.0322. The van der Waals surface area contributed by atoms with Gasteiger partial charge in [0.2, 0.25) is 5.91 Å². The van der Waals surface area contributed by atoms with Crippen molar-refractivity contribution in [1.29, 1.82) is 0 Å². The molecule has 5 heteroatoms. The van der Waals surface area contributed by atoms with Gasteiger partial charge >= 0.3 is 0 Å². The topological polar surface area (TPSA) is 63.1 Å². The van der Waals surface area contributed by atoms with Crippen molar-refractivity contribution in [2.75, 3.05) is 11.9 Å². The lowest BCUT2D eigenvalue weighted by atomic mass is 10.3. The van der Waals surface area contributed by atoms with Gasteiger partial charge in [-0.05, 0) is 25.3 Å². The maximum atomic E-state index is 11.7. The fraction of sp³-hybridized carbons (Fsp3) is 0.571. The van der Waals surface area contributed by atoms with E-state index in [1.165, 1.54) is 18.9 Å². The summed E-state index contributed by atoms with van der Waals surface area (Å²) in [6.45, 7) is 3.40. The van der Waals surface area contributed by atoms with Gasteiger partial charge in [-0.15, -0.1) is 0 Å². The Morgan fingerprint density at radius 2 is 2.21 bits per heavy atom. The number of anilines is 1. The van der Waals surface area contributed by atoms with Crippen LogP contribution in [0.3, 0.4) is 0 Å². The number of amides is 1. The van der Waals surface area contributed by atoms with E-state index < -0.39 is 0 Å². The first-order chi connectivity index (χ1) is 9.19. The zero-order chi connectivity index (χ0) is 13.7. The van der Waals surface area contributed by atoms with E-state index >= 15 is 0 Å². The number of hydrogen-bond donors (Lipinski definition) is 2. The minimum Gasteiger partial charge on any atom is -0.325 e. The van der Waals surface area contributed by atoms with Crippen LogP contribution in [-0.4, -0.2) is 23.1 Å². The number of nitrogens with zero attached hydrogens (tertiary/aromatic N) is 1. The molecule has 0 spiro atoms. The van der Waals surface area contributed by atoms with E-state index in [9.17, 15) is 9.59 Å². The van der Waals surface area contributed by atoms with Crippen LogP contribution in [0.2, 0.25) is 0 Å². The fourth-order valence-electron chi connectivity index (χ4n) is 1.92. The van der Waals surface area contributed by atoms with Gasteiger partial charge in [-0.1, -0.05) is 6.92 Å². The molecule has 1 aromatic rings. The Morgan fingerprint density at radius 3 is 2.89 bits per heavy atom. The number of carbonyl (C=O) groups is 1. The highest BCUT2D eigenvalue weighted by atomic mass is 16.1. The Balaban J connectivity index is 1.84. The summed E-state index contributed by atoms with van der Waals surface area (Å²) in [5, 5.41) is 6.12. The van der Waals surface area contributed by atoms with Gasteiger partial charge in [0.1, 0.15) is 0 Å². The molecule has 5 nitrogen and oxygen atoms in total. The number of hydrogen-bond acceptors (Lipinski definition) is 3. The monoisotopic (exact) mass is 263 g/mol. The van der Waals surface area contributed by atoms with Gasteiger partial charge in [-0.3, -0.25) is 9.59 Å². The molecule has 0 bridgehead atoms. The second-order valence-corrected chi connectivity index (χ2v) is 4.98. The molecule has 2 rings (SSSR count). The Bertz CT molecular complexity index is 492. The summed E-state index contributed by atoms with van der Waals surface area (Å²) in [5.41, 5.74) is 0.653. The van der Waals surface area contributed by atoms with Crippen LogP contribution >= 0.6 is 0 Å². The Hall–Kier alpha value is -1.62. The summed E-state index contributed by atoms with van der Waals surface area (Å²) in [7, 11) is 0. The van der Waals surface area contributed by atoms with Gasteiger partial charge in [0.05, 0.1) is 5.69 Å². The van der Waals surface area contributed by atoms with E-state index in [4.69, 9.17) is 0 Å². The molecular weight excluding hydrogens is 242 g/mol. The Morgan fingerprint density at radius 1 is 1.42 bits per heavy atom. The highest BCUT2D eigenvalue weighted by Crippen LogP contribution is 2.18. The van der Waals surface area contributed by atoms with E-state index in [1.54, 1.807) is 16.8 Å². The van der Waals surface area contributed by atoms with E-state index in [0.717, 1.165) is 6.42 Å². The molecule has 0 atom stereocenters. The highest BCUT2D eigenvalue weighted by Gasteiger charge is 2.20. The molecule has 0 aliphatic heterocycles. The van der Waals surface area contributed by atoms with Crippen molar-refractivity contribution < 1.29 is 4.79 Å². The van der Waals surface area contributed by atoms with Crippen LogP contribution in [0.1, 0.15) is 32.6 Å². The summed E-state index contributed by atoms with van der Waals surface area (Å²) in [6, 6.07) is 3.77. The van der Waals surface area contributed by atoms with E-state index in [2.05, 4.69) is 10.6 Å². The lowest BCUT2D eigenvalue weighted by molar-refractivity contribution is -0.116. The third-order valence-corrected chi connectivity index (χ3v) is 3.09. The quantitative estimate of drug-likeness (QED) is 0.780. The minimum absolute atomic E-state index is 0.0187. The van der Waals surface area contributed by atoms with Crippen molar-refractivity contribution in [1.82, 2.24) is 9.88 Å². The van der Waals surface area contributed by atoms with Gasteiger partial charge in [0.25, 0.3) is 5.56 Å². The summed E-state index contributed by atoms with van der Waals surface area (Å²) in [4.78, 5) is 23.3. The van der Waals surface area contributed by atoms with Gasteiger partial charge in [0.15, 0.2) is 0 Å². The molecule has 19 heavy (non-hydrogen) atoms. The third-order valence-electron chi connectivity index (χ3n) is 3.09. The van der Waals surface area contributed by atoms with Crippen LogP contribution < -0.4 is 16.2 Å². The molecule has 0 saturated heterocycles. The van der Waals surface area contributed by atoms with E-state index in [-0.39, 0.29) is 11.5 Å². The summed E-state index contributed by atoms with van der Waals surface area (Å²) in [5.74, 6) is -0.0187. The number of rotatable bonds is 7. The largest absolute Gasteiger partial charge is 0.325 e. The lowest BCUT2D eigenvalue weighted by Crippen LogP contribution is -2.24. The molecule has 2 N–H and O–H groups in total. The molecular formula is C14H21N3O2. The second kappa shape index (κ2) is 6.52. The molecule has 0 unspecified atom stereocenters. The molecule has 104 valence electrons. The molecule has 1 amide bonds. The normalized spacial score (nSPS) is 14.4. The first kappa shape index (κ1) is 13.8. The van der Waals surface area contributed by atoms with Crippen molar-refractivity contribution in [2.45, 2.75) is 45.2 Å². The van der Waals surface area contributed by atoms with Gasteiger partial charge in [0, 0.05) is 37.8 Å². The zero-order valence-corrected chi connectivity index (χ0v) is 11.3. The number of aromatic nitrogens is 1. The number of carbonyl (C=O) groups excluding carboxylic acids is 1. The van der Waals surface area contributed by atoms with Crippen LogP contribution in [0, 0.1) is 0 Å². The number of aryl methyl sites for hydroxylation is 1. The summed E-state index contributed by atoms with van der Waals surface area (Å²) >= 11 is 0. The number of pyridine rings is 1. The van der Waals surface area contributed by atoms with Crippen molar-refractivity contribution in [3.05, 3.63) is 28.7 Å². The summed E-state index contributed by atoms with van der Waals surface area (Å²) < 4.78 is 1.62. The average molecular weight is 263 g/mol. The first-order valence-corrected chi connectivity index (χ1v) is 6.93. The highest BCUT2D eigenvalue weighted by molar-refractivity contribution is 5.90. The van der Waals surface area contributed by atoms with Gasteiger partial charge in [-0.25, -0.2) is 0 Å². The van der Waals surface area contributed by atoms with Crippen LogP contribution in [0.4, 0.5) is 5.69 Å². The predicted octanol–water partition coefficient (Wildman–Crippen LogP) is 1.34.